The van der Waals surface area contributed by atoms with Crippen LogP contribution in [0.5, 0.6) is 0 Å². The molecule has 4 rings (SSSR count). The molecule has 0 radical (unpaired) electrons. The van der Waals surface area contributed by atoms with Crippen molar-refractivity contribution in [2.24, 2.45) is 0 Å². The quantitative estimate of drug-likeness (QED) is 0.324. The molecule has 0 spiro atoms. The normalized spacial score (nSPS) is 37.1. The van der Waals surface area contributed by atoms with E-state index in [1.54, 1.807) is 19.9 Å². The highest BCUT2D eigenvalue weighted by atomic mass is 16.6. The molecule has 0 aromatic heterocycles. The first-order valence-electron chi connectivity index (χ1n) is 12.6. The van der Waals surface area contributed by atoms with E-state index in [-0.39, 0.29) is 66.5 Å². The minimum absolute atomic E-state index is 0.0117. The van der Waals surface area contributed by atoms with Crippen molar-refractivity contribution in [1.82, 2.24) is 9.80 Å². The first-order chi connectivity index (χ1) is 16.6. The second-order valence-corrected chi connectivity index (χ2v) is 10.6. The largest absolute Gasteiger partial charge is 0.462 e. The van der Waals surface area contributed by atoms with Crippen LogP contribution < -0.4 is 0 Å². The molecule has 4 aliphatic heterocycles. The summed E-state index contributed by atoms with van der Waals surface area (Å²) in [5.41, 5.74) is 0.649. The van der Waals surface area contributed by atoms with Crippen molar-refractivity contribution >= 4 is 17.9 Å². The second-order valence-electron chi connectivity index (χ2n) is 10.6. The van der Waals surface area contributed by atoms with Gasteiger partial charge in [-0.05, 0) is 40.8 Å². The van der Waals surface area contributed by atoms with Crippen LogP contribution in [0.15, 0.2) is 23.8 Å². The number of hydrogen-bond acceptors (Lipinski definition) is 9. The van der Waals surface area contributed by atoms with Gasteiger partial charge in [-0.15, -0.1) is 0 Å². The number of carbonyl (C=O) groups excluding carboxylic acids is 3. The number of allylic oxidation sites excluding steroid dienone is 1. The van der Waals surface area contributed by atoms with Crippen molar-refractivity contribution in [1.29, 1.82) is 0 Å². The number of likely N-dealkylation sites (N-methyl/N-ethyl adjacent to an activating group) is 2. The van der Waals surface area contributed by atoms with Crippen LogP contribution in [-0.2, 0) is 28.6 Å². The number of nitrogens with zero attached hydrogens (tertiary/aromatic N) is 2. The van der Waals surface area contributed by atoms with Crippen LogP contribution in [0.3, 0.4) is 0 Å². The number of hydrogen-bond donors (Lipinski definition) is 1. The summed E-state index contributed by atoms with van der Waals surface area (Å²) in [7, 11) is 4.00. The summed E-state index contributed by atoms with van der Waals surface area (Å²) in [5.74, 6) is -1.40. The van der Waals surface area contributed by atoms with E-state index in [4.69, 9.17) is 14.2 Å². The molecule has 1 N–H and O–H groups in total. The fourth-order valence-corrected chi connectivity index (χ4v) is 6.16. The Morgan fingerprint density at radius 2 is 1.46 bits per heavy atom. The molecule has 8 atom stereocenters. The standard InChI is InChI=1S/C26H38N2O7/c1-6-14(2)25(31)34-23-11-17-9-19(13-21(23)28(17)5)33-24(30)7-15(3)26(32)35-22-10-16-8-18(29)12-20(22)27(16)4/h6,16-23,29H,3,7-13H2,1-2,4-5H3/b14-6-/t16-,17-,18-,19-,20+,21+,22-,23-/m1/s1. The van der Waals surface area contributed by atoms with E-state index >= 15 is 0 Å². The van der Waals surface area contributed by atoms with Crippen LogP contribution >= 0.6 is 0 Å². The van der Waals surface area contributed by atoms with E-state index in [0.29, 0.717) is 44.1 Å². The molecule has 4 aliphatic rings. The number of piperidine rings is 2. The van der Waals surface area contributed by atoms with Crippen molar-refractivity contribution in [3.63, 3.8) is 0 Å². The maximum absolute atomic E-state index is 12.6. The van der Waals surface area contributed by atoms with Gasteiger partial charge in [0.15, 0.2) is 0 Å². The molecule has 9 heteroatoms. The number of ether oxygens (including phenoxy) is 3. The Morgan fingerprint density at radius 1 is 0.886 bits per heavy atom. The highest BCUT2D eigenvalue weighted by Gasteiger charge is 2.48. The zero-order valence-electron chi connectivity index (χ0n) is 21.1. The van der Waals surface area contributed by atoms with Crippen molar-refractivity contribution in [3.05, 3.63) is 23.8 Å². The van der Waals surface area contributed by atoms with E-state index in [1.807, 2.05) is 14.1 Å². The molecule has 0 amide bonds. The van der Waals surface area contributed by atoms with Gasteiger partial charge < -0.3 is 19.3 Å². The third kappa shape index (κ3) is 5.47. The maximum Gasteiger partial charge on any atom is 0.334 e. The lowest BCUT2D eigenvalue weighted by Crippen LogP contribution is -2.46. The minimum atomic E-state index is -0.586. The summed E-state index contributed by atoms with van der Waals surface area (Å²) in [6, 6.07) is 0.338. The molecule has 4 heterocycles. The molecule has 0 aromatic carbocycles. The van der Waals surface area contributed by atoms with Crippen LogP contribution in [0.1, 0.15) is 58.8 Å². The lowest BCUT2D eigenvalue weighted by Gasteiger charge is -2.36. The fraction of sp³-hybridized carbons (Fsp3) is 0.731. The van der Waals surface area contributed by atoms with E-state index in [0.717, 1.165) is 0 Å². The Kier molecular flexibility index (Phi) is 7.68. The van der Waals surface area contributed by atoms with Crippen LogP contribution in [0, 0.1) is 0 Å². The number of aliphatic hydroxyl groups excluding tert-OH is 1. The Balaban J connectivity index is 1.25. The predicted molar refractivity (Wildman–Crippen MR) is 127 cm³/mol. The molecular weight excluding hydrogens is 452 g/mol. The lowest BCUT2D eigenvalue weighted by molar-refractivity contribution is -0.156. The van der Waals surface area contributed by atoms with Crippen LogP contribution in [-0.4, -0.2) is 95.5 Å². The molecule has 35 heavy (non-hydrogen) atoms. The van der Waals surface area contributed by atoms with Gasteiger partial charge in [-0.3, -0.25) is 14.6 Å². The number of esters is 3. The smallest absolute Gasteiger partial charge is 0.334 e. The molecule has 4 saturated heterocycles. The third-order valence-electron chi connectivity index (χ3n) is 8.38. The van der Waals surface area contributed by atoms with Gasteiger partial charge >= 0.3 is 17.9 Å². The van der Waals surface area contributed by atoms with E-state index < -0.39 is 11.9 Å². The van der Waals surface area contributed by atoms with Gasteiger partial charge in [0.2, 0.25) is 0 Å². The summed E-state index contributed by atoms with van der Waals surface area (Å²) in [4.78, 5) is 41.8. The van der Waals surface area contributed by atoms with Gasteiger partial charge in [-0.25, -0.2) is 9.59 Å². The van der Waals surface area contributed by atoms with Gasteiger partial charge in [0.1, 0.15) is 18.3 Å². The minimum Gasteiger partial charge on any atom is -0.462 e. The zero-order valence-corrected chi connectivity index (χ0v) is 21.1. The SMILES string of the molecule is C=C(CC(=O)O[C@@H]1C[C@@H]2C[C@@H](OC(=O)/C(C)=C\C)[C@H](C1)N2C)C(=O)O[C@@H]1C[C@H]2C[C@@H](O)C[C@@H]1N2C. The van der Waals surface area contributed by atoms with E-state index in [9.17, 15) is 19.5 Å². The monoisotopic (exact) mass is 490 g/mol. The van der Waals surface area contributed by atoms with Crippen molar-refractivity contribution in [2.75, 3.05) is 14.1 Å². The molecular formula is C26H38N2O7. The average Bonchev–Trinajstić information content (AvgIpc) is 3.07. The topological polar surface area (TPSA) is 106 Å². The van der Waals surface area contributed by atoms with E-state index in [2.05, 4.69) is 16.4 Å². The summed E-state index contributed by atoms with van der Waals surface area (Å²) < 4.78 is 17.1. The number of carbonyl (C=O) groups is 3. The highest BCUT2D eigenvalue weighted by molar-refractivity contribution is 5.93. The van der Waals surface area contributed by atoms with Crippen molar-refractivity contribution < 1.29 is 33.7 Å². The first kappa shape index (κ1) is 25.9. The molecule has 0 unspecified atom stereocenters. The summed E-state index contributed by atoms with van der Waals surface area (Å²) in [5, 5.41) is 10.0. The Hall–Kier alpha value is -2.23. The fourth-order valence-electron chi connectivity index (χ4n) is 6.16. The summed E-state index contributed by atoms with van der Waals surface area (Å²) in [6.45, 7) is 7.30. The van der Waals surface area contributed by atoms with Crippen molar-refractivity contribution in [2.45, 2.75) is 107 Å². The van der Waals surface area contributed by atoms with Crippen LogP contribution in [0.4, 0.5) is 0 Å². The first-order valence-corrected chi connectivity index (χ1v) is 12.6. The second kappa shape index (κ2) is 10.4. The van der Waals surface area contributed by atoms with Gasteiger partial charge in [0, 0.05) is 55.0 Å². The van der Waals surface area contributed by atoms with Gasteiger partial charge in [0.25, 0.3) is 0 Å². The third-order valence-corrected chi connectivity index (χ3v) is 8.38. The van der Waals surface area contributed by atoms with E-state index in [1.165, 1.54) is 0 Å². The Morgan fingerprint density at radius 3 is 2.09 bits per heavy atom. The highest BCUT2D eigenvalue weighted by Crippen LogP contribution is 2.38. The van der Waals surface area contributed by atoms with Crippen LogP contribution in [0.2, 0.25) is 0 Å². The number of rotatable bonds is 7. The average molecular weight is 491 g/mol. The lowest BCUT2D eigenvalue weighted by atomic mass is 10.00. The predicted octanol–water partition coefficient (Wildman–Crippen LogP) is 1.73. The number of aliphatic hydroxyl groups is 1. The maximum atomic E-state index is 12.6. The molecule has 0 aromatic rings. The number of fused-ring (bicyclic) bond motifs is 4. The molecule has 0 aliphatic carbocycles. The van der Waals surface area contributed by atoms with Crippen molar-refractivity contribution in [3.8, 4) is 0 Å². The van der Waals surface area contributed by atoms with Gasteiger partial charge in [-0.1, -0.05) is 12.7 Å². The Labute approximate surface area is 207 Å². The molecule has 4 fully saturated rings. The van der Waals surface area contributed by atoms with Gasteiger partial charge in [0.05, 0.1) is 18.6 Å². The Bertz CT molecular complexity index is 902. The zero-order chi connectivity index (χ0) is 25.4. The molecule has 0 saturated carbocycles. The molecule has 9 nitrogen and oxygen atoms in total. The molecule has 4 bridgehead atoms. The summed E-state index contributed by atoms with van der Waals surface area (Å²) >= 11 is 0. The van der Waals surface area contributed by atoms with Crippen LogP contribution in [0.25, 0.3) is 0 Å². The molecule has 194 valence electrons. The van der Waals surface area contributed by atoms with Gasteiger partial charge in [-0.2, -0.15) is 0 Å². The summed E-state index contributed by atoms with van der Waals surface area (Å²) in [6.07, 6.45) is 4.17.